The van der Waals surface area contributed by atoms with Crippen molar-refractivity contribution in [3.8, 4) is 0 Å². The summed E-state index contributed by atoms with van der Waals surface area (Å²) in [7, 11) is 0. The number of aromatic nitrogens is 2. The van der Waals surface area contributed by atoms with Crippen LogP contribution in [0.15, 0.2) is 71.1 Å². The van der Waals surface area contributed by atoms with Crippen LogP contribution in [0.1, 0.15) is 22.8 Å². The summed E-state index contributed by atoms with van der Waals surface area (Å²) in [6, 6.07) is 14.8. The second-order valence-electron chi connectivity index (χ2n) is 6.11. The number of hydrogen-bond acceptors (Lipinski definition) is 4. The van der Waals surface area contributed by atoms with Gasteiger partial charge in [-0.25, -0.2) is 4.98 Å². The lowest BCUT2D eigenvalue weighted by Crippen LogP contribution is -2.24. The van der Waals surface area contributed by atoms with Crippen LogP contribution in [0.25, 0.3) is 10.9 Å². The van der Waals surface area contributed by atoms with Gasteiger partial charge in [0.15, 0.2) is 10.9 Å². The van der Waals surface area contributed by atoms with Crippen LogP contribution in [0.2, 0.25) is 0 Å². The van der Waals surface area contributed by atoms with Gasteiger partial charge in [0.05, 0.1) is 16.2 Å². The van der Waals surface area contributed by atoms with E-state index in [1.807, 2.05) is 56.3 Å². The fraction of sp³-hybridized carbons (Fsp3) is 0.190. The maximum atomic E-state index is 12.8. The lowest BCUT2D eigenvalue weighted by atomic mass is 10.1. The monoisotopic (exact) mass is 364 g/mol. The van der Waals surface area contributed by atoms with Crippen molar-refractivity contribution in [3.63, 3.8) is 0 Å². The number of nitrogens with zero attached hydrogens (tertiary/aromatic N) is 2. The average molecular weight is 364 g/mol. The first-order valence-electron chi connectivity index (χ1n) is 8.39. The Morgan fingerprint density at radius 1 is 1.23 bits per heavy atom. The van der Waals surface area contributed by atoms with Gasteiger partial charge >= 0.3 is 0 Å². The molecule has 1 aromatic heterocycles. The summed E-state index contributed by atoms with van der Waals surface area (Å²) in [5.74, 6) is 0.0163. The molecule has 132 valence electrons. The Balaban J connectivity index is 1.97. The van der Waals surface area contributed by atoms with Crippen molar-refractivity contribution in [2.45, 2.75) is 30.8 Å². The maximum Gasteiger partial charge on any atom is 0.262 e. The van der Waals surface area contributed by atoms with Gasteiger partial charge in [0.2, 0.25) is 0 Å². The number of ketones is 1. The molecule has 5 heteroatoms. The molecule has 1 atom stereocenters. The number of benzene rings is 2. The number of Topliss-reactive ketones (excluding diaryl/α,β-unsaturated/α-hetero) is 1. The lowest BCUT2D eigenvalue weighted by molar-refractivity contribution is 0.0994. The predicted octanol–water partition coefficient (Wildman–Crippen LogP) is 4.25. The highest BCUT2D eigenvalue weighted by molar-refractivity contribution is 8.00. The fourth-order valence-electron chi connectivity index (χ4n) is 2.69. The molecule has 0 spiro atoms. The fourth-order valence-corrected chi connectivity index (χ4v) is 3.69. The van der Waals surface area contributed by atoms with E-state index in [1.54, 1.807) is 16.7 Å². The van der Waals surface area contributed by atoms with E-state index in [9.17, 15) is 9.59 Å². The van der Waals surface area contributed by atoms with Gasteiger partial charge in [-0.3, -0.25) is 14.2 Å². The third-order valence-corrected chi connectivity index (χ3v) is 5.22. The van der Waals surface area contributed by atoms with Crippen molar-refractivity contribution in [2.24, 2.45) is 0 Å². The molecule has 2 aromatic carbocycles. The molecular weight excluding hydrogens is 344 g/mol. The molecule has 0 saturated heterocycles. The first-order valence-corrected chi connectivity index (χ1v) is 9.27. The van der Waals surface area contributed by atoms with Gasteiger partial charge in [0, 0.05) is 12.1 Å². The number of carbonyl (C=O) groups excluding carboxylic acids is 1. The molecule has 0 aliphatic heterocycles. The first kappa shape index (κ1) is 18.1. The third kappa shape index (κ3) is 3.63. The number of hydrogen-bond donors (Lipinski definition) is 0. The second-order valence-corrected chi connectivity index (χ2v) is 7.41. The van der Waals surface area contributed by atoms with Crippen LogP contribution in [0, 0.1) is 6.92 Å². The molecular formula is C21H20N2O2S. The second kappa shape index (κ2) is 7.70. The summed E-state index contributed by atoms with van der Waals surface area (Å²) >= 11 is 1.30. The summed E-state index contributed by atoms with van der Waals surface area (Å²) < 4.78 is 1.57. The molecule has 0 bridgehead atoms. The van der Waals surface area contributed by atoms with Crippen LogP contribution in [-0.2, 0) is 6.54 Å². The Labute approximate surface area is 156 Å². The Morgan fingerprint density at radius 2 is 1.92 bits per heavy atom. The van der Waals surface area contributed by atoms with Crippen molar-refractivity contribution in [3.05, 3.63) is 82.7 Å². The smallest absolute Gasteiger partial charge is 0.262 e. The Bertz CT molecular complexity index is 1020. The van der Waals surface area contributed by atoms with Gasteiger partial charge in [-0.2, -0.15) is 0 Å². The normalized spacial score (nSPS) is 12.1. The van der Waals surface area contributed by atoms with Crippen molar-refractivity contribution >= 4 is 28.4 Å². The summed E-state index contributed by atoms with van der Waals surface area (Å²) in [5.41, 5.74) is 2.29. The zero-order valence-electron chi connectivity index (χ0n) is 14.8. The molecule has 3 rings (SSSR count). The van der Waals surface area contributed by atoms with Crippen LogP contribution >= 0.6 is 11.8 Å². The highest BCUT2D eigenvalue weighted by atomic mass is 32.2. The molecule has 1 heterocycles. The van der Waals surface area contributed by atoms with Gasteiger partial charge in [-0.15, -0.1) is 6.58 Å². The summed E-state index contributed by atoms with van der Waals surface area (Å²) in [6.45, 7) is 7.90. The Hall–Kier alpha value is -2.66. The minimum Gasteiger partial charge on any atom is -0.293 e. The SMILES string of the molecule is C=CCn1c(S[C@@H](C)C(=O)c2ccc(C)cc2)nc2ccccc2c1=O. The van der Waals surface area contributed by atoms with E-state index in [0.29, 0.717) is 28.2 Å². The predicted molar refractivity (Wildman–Crippen MR) is 107 cm³/mol. The topological polar surface area (TPSA) is 52.0 Å². The number of aryl methyl sites for hydroxylation is 1. The summed E-state index contributed by atoms with van der Waals surface area (Å²) in [6.07, 6.45) is 1.66. The molecule has 26 heavy (non-hydrogen) atoms. The van der Waals surface area contributed by atoms with Crippen LogP contribution < -0.4 is 5.56 Å². The number of thioether (sulfide) groups is 1. The van der Waals surface area contributed by atoms with Crippen molar-refractivity contribution < 1.29 is 4.79 Å². The van der Waals surface area contributed by atoms with Gasteiger partial charge in [-0.1, -0.05) is 59.8 Å². The molecule has 0 aliphatic carbocycles. The molecule has 0 saturated carbocycles. The molecule has 0 aliphatic rings. The van der Waals surface area contributed by atoms with Gasteiger partial charge in [0.25, 0.3) is 5.56 Å². The zero-order valence-corrected chi connectivity index (χ0v) is 15.6. The van der Waals surface area contributed by atoms with Gasteiger partial charge < -0.3 is 0 Å². The third-order valence-electron chi connectivity index (χ3n) is 4.13. The molecule has 0 N–H and O–H groups in total. The molecule has 0 amide bonds. The van der Waals surface area contributed by atoms with Crippen LogP contribution in [0.4, 0.5) is 0 Å². The lowest BCUT2D eigenvalue weighted by Gasteiger charge is -2.15. The molecule has 0 unspecified atom stereocenters. The maximum absolute atomic E-state index is 12.8. The van der Waals surface area contributed by atoms with E-state index in [4.69, 9.17) is 0 Å². The first-order chi connectivity index (χ1) is 12.5. The zero-order chi connectivity index (χ0) is 18.7. The van der Waals surface area contributed by atoms with Crippen LogP contribution in [-0.4, -0.2) is 20.6 Å². The minimum absolute atomic E-state index is 0.0163. The van der Waals surface area contributed by atoms with Crippen molar-refractivity contribution in [1.82, 2.24) is 9.55 Å². The molecule has 0 fully saturated rings. The number of allylic oxidation sites excluding steroid dienone is 1. The van der Waals surface area contributed by atoms with E-state index < -0.39 is 0 Å². The van der Waals surface area contributed by atoms with Crippen molar-refractivity contribution in [2.75, 3.05) is 0 Å². The van der Waals surface area contributed by atoms with Crippen molar-refractivity contribution in [1.29, 1.82) is 0 Å². The van der Waals surface area contributed by atoms with E-state index in [-0.39, 0.29) is 16.6 Å². The number of carbonyl (C=O) groups is 1. The van der Waals surface area contributed by atoms with Gasteiger partial charge in [0.1, 0.15) is 0 Å². The number of rotatable bonds is 6. The standard InChI is InChI=1S/C21H20N2O2S/c1-4-13-23-20(25)17-7-5-6-8-18(17)22-21(23)26-15(3)19(24)16-11-9-14(2)10-12-16/h4-12,15H,1,13H2,2-3H3/t15-/m0/s1. The van der Waals surface area contributed by atoms with E-state index in [2.05, 4.69) is 11.6 Å². The van der Waals surface area contributed by atoms with E-state index in [1.165, 1.54) is 11.8 Å². The summed E-state index contributed by atoms with van der Waals surface area (Å²) in [5, 5.41) is 0.736. The van der Waals surface area contributed by atoms with Crippen LogP contribution in [0.5, 0.6) is 0 Å². The Morgan fingerprint density at radius 3 is 2.62 bits per heavy atom. The minimum atomic E-state index is -0.359. The average Bonchev–Trinajstić information content (AvgIpc) is 2.65. The Kier molecular flexibility index (Phi) is 5.38. The van der Waals surface area contributed by atoms with Gasteiger partial charge in [-0.05, 0) is 26.0 Å². The summed E-state index contributed by atoms with van der Waals surface area (Å²) in [4.78, 5) is 30.1. The highest BCUT2D eigenvalue weighted by Crippen LogP contribution is 2.25. The van der Waals surface area contributed by atoms with E-state index in [0.717, 1.165) is 5.56 Å². The van der Waals surface area contributed by atoms with Crippen LogP contribution in [0.3, 0.4) is 0 Å². The largest absolute Gasteiger partial charge is 0.293 e. The number of fused-ring (bicyclic) bond motifs is 1. The molecule has 4 nitrogen and oxygen atoms in total. The molecule has 3 aromatic rings. The highest BCUT2D eigenvalue weighted by Gasteiger charge is 2.20. The quantitative estimate of drug-likeness (QED) is 0.284. The number of para-hydroxylation sites is 1. The molecule has 0 radical (unpaired) electrons. The van der Waals surface area contributed by atoms with E-state index >= 15 is 0 Å².